The van der Waals surface area contributed by atoms with Gasteiger partial charge in [-0.2, -0.15) is 0 Å². The van der Waals surface area contributed by atoms with E-state index in [1.165, 1.54) is 18.2 Å². The third-order valence-electron chi connectivity index (χ3n) is 2.64. The first kappa shape index (κ1) is 15.9. The molecule has 0 aliphatic rings. The number of carboxylic acid groups (broad SMARTS) is 1. The van der Waals surface area contributed by atoms with Crippen molar-refractivity contribution in [2.75, 3.05) is 6.61 Å². The van der Waals surface area contributed by atoms with Crippen LogP contribution in [0.2, 0.25) is 0 Å². The predicted molar refractivity (Wildman–Crippen MR) is 71.0 cm³/mol. The van der Waals surface area contributed by atoms with Gasteiger partial charge in [0.2, 0.25) is 0 Å². The molecule has 1 rings (SSSR count). The van der Waals surface area contributed by atoms with Gasteiger partial charge in [0.05, 0.1) is 0 Å². The van der Waals surface area contributed by atoms with Gasteiger partial charge in [-0.25, -0.2) is 4.39 Å². The fourth-order valence-corrected chi connectivity index (χ4v) is 1.60. The van der Waals surface area contributed by atoms with Crippen molar-refractivity contribution in [2.24, 2.45) is 0 Å². The first-order valence-electron chi connectivity index (χ1n) is 6.20. The maximum absolute atomic E-state index is 13.3. The van der Waals surface area contributed by atoms with Crippen LogP contribution in [0.4, 0.5) is 4.39 Å². The molecule has 0 heterocycles. The number of aliphatic carboxylic acids is 1. The molecule has 0 spiro atoms. The van der Waals surface area contributed by atoms with Crippen LogP contribution in [0.3, 0.4) is 0 Å². The minimum Gasteiger partial charge on any atom is -0.481 e. The molecule has 1 aromatic carbocycles. The Labute approximate surface area is 116 Å². The summed E-state index contributed by atoms with van der Waals surface area (Å²) in [5, 5.41) is 11.3. The second kappa shape index (κ2) is 6.88. The van der Waals surface area contributed by atoms with Crippen LogP contribution in [0.25, 0.3) is 0 Å². The Morgan fingerprint density at radius 1 is 1.35 bits per heavy atom. The summed E-state index contributed by atoms with van der Waals surface area (Å²) >= 11 is 0. The van der Waals surface area contributed by atoms with E-state index in [9.17, 15) is 14.0 Å². The highest BCUT2D eigenvalue weighted by Crippen LogP contribution is 2.15. The van der Waals surface area contributed by atoms with Crippen molar-refractivity contribution in [3.05, 3.63) is 30.1 Å². The van der Waals surface area contributed by atoms with Crippen molar-refractivity contribution in [2.45, 2.75) is 32.2 Å². The summed E-state index contributed by atoms with van der Waals surface area (Å²) in [6, 6.07) is 5.80. The summed E-state index contributed by atoms with van der Waals surface area (Å²) in [5.74, 6) is -1.88. The molecule has 1 amide bonds. The molecule has 0 aliphatic heterocycles. The van der Waals surface area contributed by atoms with Crippen molar-refractivity contribution in [1.29, 1.82) is 0 Å². The number of ether oxygens (including phenoxy) is 1. The van der Waals surface area contributed by atoms with Gasteiger partial charge in [0.25, 0.3) is 5.91 Å². The van der Waals surface area contributed by atoms with Crippen molar-refractivity contribution in [3.8, 4) is 5.75 Å². The lowest BCUT2D eigenvalue weighted by atomic mass is 9.98. The van der Waals surface area contributed by atoms with Gasteiger partial charge in [-0.15, -0.1) is 0 Å². The molecule has 0 fully saturated rings. The molecule has 0 saturated carbocycles. The van der Waals surface area contributed by atoms with E-state index in [-0.39, 0.29) is 18.8 Å². The number of hydrogen-bond acceptors (Lipinski definition) is 3. The third-order valence-corrected chi connectivity index (χ3v) is 2.64. The zero-order chi connectivity index (χ0) is 15.2. The van der Waals surface area contributed by atoms with Crippen LogP contribution in [0.5, 0.6) is 5.75 Å². The van der Waals surface area contributed by atoms with E-state index >= 15 is 0 Å². The number of nitrogens with one attached hydrogen (secondary N) is 1. The van der Waals surface area contributed by atoms with Crippen molar-refractivity contribution < 1.29 is 23.8 Å². The summed E-state index contributed by atoms with van der Waals surface area (Å²) in [5.41, 5.74) is -0.659. The number of rotatable bonds is 7. The second-order valence-electron chi connectivity index (χ2n) is 5.04. The van der Waals surface area contributed by atoms with Gasteiger partial charge in [0.1, 0.15) is 0 Å². The summed E-state index contributed by atoms with van der Waals surface area (Å²) in [4.78, 5) is 22.2. The molecule has 0 aromatic heterocycles. The van der Waals surface area contributed by atoms with Crippen LogP contribution in [0.1, 0.15) is 26.7 Å². The Balaban J connectivity index is 2.43. The third kappa shape index (κ3) is 5.69. The van der Waals surface area contributed by atoms with Gasteiger partial charge >= 0.3 is 5.97 Å². The lowest BCUT2D eigenvalue weighted by molar-refractivity contribution is -0.138. The minimum atomic E-state index is -0.921. The van der Waals surface area contributed by atoms with Crippen LogP contribution in [-0.4, -0.2) is 29.1 Å². The molecular weight excluding hydrogens is 265 g/mol. The first-order valence-corrected chi connectivity index (χ1v) is 6.20. The Morgan fingerprint density at radius 2 is 2.00 bits per heavy atom. The predicted octanol–water partition coefficient (Wildman–Crippen LogP) is 1.96. The number of carbonyl (C=O) groups excluding carboxylic acids is 1. The quantitative estimate of drug-likeness (QED) is 0.802. The van der Waals surface area contributed by atoms with Gasteiger partial charge in [-0.3, -0.25) is 9.59 Å². The van der Waals surface area contributed by atoms with E-state index in [2.05, 4.69) is 5.32 Å². The van der Waals surface area contributed by atoms with Gasteiger partial charge in [-0.1, -0.05) is 12.1 Å². The molecule has 2 N–H and O–H groups in total. The Kier molecular flexibility index (Phi) is 5.49. The van der Waals surface area contributed by atoms with E-state index < -0.39 is 23.2 Å². The SMILES string of the molecule is CC(C)(CCC(=O)O)NC(=O)COc1ccccc1F. The average Bonchev–Trinajstić information content (AvgIpc) is 2.35. The maximum atomic E-state index is 13.3. The van der Waals surface area contributed by atoms with Crippen molar-refractivity contribution >= 4 is 11.9 Å². The summed E-state index contributed by atoms with van der Waals surface area (Å²) in [7, 11) is 0. The van der Waals surface area contributed by atoms with Crippen LogP contribution in [0.15, 0.2) is 24.3 Å². The van der Waals surface area contributed by atoms with Crippen LogP contribution in [0, 0.1) is 5.82 Å². The number of para-hydroxylation sites is 1. The molecule has 0 saturated heterocycles. The molecule has 5 nitrogen and oxygen atoms in total. The average molecular weight is 283 g/mol. The Morgan fingerprint density at radius 3 is 2.60 bits per heavy atom. The highest BCUT2D eigenvalue weighted by atomic mass is 19.1. The molecule has 0 bridgehead atoms. The molecule has 1 aromatic rings. The van der Waals surface area contributed by atoms with E-state index in [1.54, 1.807) is 19.9 Å². The van der Waals surface area contributed by atoms with Crippen molar-refractivity contribution in [3.63, 3.8) is 0 Å². The zero-order valence-electron chi connectivity index (χ0n) is 11.5. The van der Waals surface area contributed by atoms with E-state index in [0.717, 1.165) is 0 Å². The number of carbonyl (C=O) groups is 2. The van der Waals surface area contributed by atoms with Crippen molar-refractivity contribution in [1.82, 2.24) is 5.32 Å². The first-order chi connectivity index (χ1) is 9.30. The van der Waals surface area contributed by atoms with Crippen LogP contribution < -0.4 is 10.1 Å². The van der Waals surface area contributed by atoms with Gasteiger partial charge in [0, 0.05) is 12.0 Å². The maximum Gasteiger partial charge on any atom is 0.303 e. The lowest BCUT2D eigenvalue weighted by Crippen LogP contribution is -2.45. The standard InChI is InChI=1S/C14H18FNO4/c1-14(2,8-7-13(18)19)16-12(17)9-20-11-6-4-3-5-10(11)15/h3-6H,7-9H2,1-2H3,(H,16,17)(H,18,19). The zero-order valence-corrected chi connectivity index (χ0v) is 11.5. The molecule has 0 aliphatic carbocycles. The molecule has 0 radical (unpaired) electrons. The van der Waals surface area contributed by atoms with Crippen LogP contribution >= 0.6 is 0 Å². The largest absolute Gasteiger partial charge is 0.481 e. The molecule has 0 unspecified atom stereocenters. The van der Waals surface area contributed by atoms with Gasteiger partial charge in [-0.05, 0) is 32.4 Å². The highest BCUT2D eigenvalue weighted by Gasteiger charge is 2.21. The fraction of sp³-hybridized carbons (Fsp3) is 0.429. The molecule has 110 valence electrons. The van der Waals surface area contributed by atoms with Gasteiger partial charge in [0.15, 0.2) is 18.2 Å². The normalized spacial score (nSPS) is 10.9. The van der Waals surface area contributed by atoms with E-state index in [1.807, 2.05) is 0 Å². The monoisotopic (exact) mass is 283 g/mol. The Bertz CT molecular complexity index is 488. The lowest BCUT2D eigenvalue weighted by Gasteiger charge is -2.25. The van der Waals surface area contributed by atoms with Gasteiger partial charge < -0.3 is 15.2 Å². The number of carboxylic acids is 1. The van der Waals surface area contributed by atoms with E-state index in [4.69, 9.17) is 9.84 Å². The fourth-order valence-electron chi connectivity index (χ4n) is 1.60. The Hall–Kier alpha value is -2.11. The summed E-state index contributed by atoms with van der Waals surface area (Å²) in [6.07, 6.45) is 0.259. The number of hydrogen-bond donors (Lipinski definition) is 2. The van der Waals surface area contributed by atoms with E-state index in [0.29, 0.717) is 6.42 Å². The molecular formula is C14H18FNO4. The number of halogens is 1. The second-order valence-corrected chi connectivity index (χ2v) is 5.04. The molecule has 6 heteroatoms. The summed E-state index contributed by atoms with van der Waals surface area (Å²) < 4.78 is 18.3. The topological polar surface area (TPSA) is 75.6 Å². The molecule has 20 heavy (non-hydrogen) atoms. The van der Waals surface area contributed by atoms with Crippen LogP contribution in [-0.2, 0) is 9.59 Å². The smallest absolute Gasteiger partial charge is 0.303 e. The highest BCUT2D eigenvalue weighted by molar-refractivity contribution is 5.78. The number of amides is 1. The summed E-state index contributed by atoms with van der Waals surface area (Å²) in [6.45, 7) is 3.12. The molecule has 0 atom stereocenters. The minimum absolute atomic E-state index is 0.00555. The number of benzene rings is 1.